The Labute approximate surface area is 271 Å². The quantitative estimate of drug-likeness (QED) is 0.269. The topological polar surface area (TPSA) is 142 Å². The number of aromatic hydroxyl groups is 1. The zero-order valence-electron chi connectivity index (χ0n) is 25.7. The fourth-order valence-corrected chi connectivity index (χ4v) is 8.27. The Morgan fingerprint density at radius 1 is 0.915 bits per heavy atom. The molecule has 4 amide bonds. The number of carbonyl (C=O) groups is 5. The van der Waals surface area contributed by atoms with Gasteiger partial charge in [0, 0.05) is 24.1 Å². The summed E-state index contributed by atoms with van der Waals surface area (Å²) < 4.78 is 5.95. The molecule has 3 fully saturated rings. The van der Waals surface area contributed by atoms with Gasteiger partial charge in [0.25, 0.3) is 0 Å². The number of hydrogen-bond acceptors (Lipinski definition) is 7. The van der Waals surface area contributed by atoms with Gasteiger partial charge in [-0.15, -0.1) is 0 Å². The summed E-state index contributed by atoms with van der Waals surface area (Å²) in [6, 6.07) is 23.2. The molecule has 2 aliphatic heterocycles. The standard InChI is InChI=1S/C37H34N2O8/c1-37-28(34(44)39(36(37)46)22-10-6-3-7-11-22)19-27-24(14-15-26-31(27)35(45)38(33(26)43)17-16-30(41)42)32(37)25-13-12-23(18-29(25)40)47-20-21-8-4-2-5-9-21/h2-14,18,26-28,31-32,40H,15-17,19-20H2,1H3,(H,41,42). The van der Waals surface area contributed by atoms with E-state index < -0.39 is 64.6 Å². The number of rotatable bonds is 8. The third-order valence-electron chi connectivity index (χ3n) is 10.5. The van der Waals surface area contributed by atoms with Crippen LogP contribution in [0.2, 0.25) is 0 Å². The summed E-state index contributed by atoms with van der Waals surface area (Å²) in [5.41, 5.74) is 1.24. The maximum Gasteiger partial charge on any atom is 0.305 e. The molecular weight excluding hydrogens is 600 g/mol. The van der Waals surface area contributed by atoms with Crippen molar-refractivity contribution in [2.45, 2.75) is 38.7 Å². The Morgan fingerprint density at radius 2 is 1.62 bits per heavy atom. The van der Waals surface area contributed by atoms with Gasteiger partial charge in [-0.05, 0) is 49.4 Å². The van der Waals surface area contributed by atoms with Gasteiger partial charge in [0.05, 0.1) is 35.3 Å². The summed E-state index contributed by atoms with van der Waals surface area (Å²) in [6.45, 7) is 1.82. The van der Waals surface area contributed by atoms with E-state index in [1.165, 1.54) is 11.0 Å². The van der Waals surface area contributed by atoms with Crippen molar-refractivity contribution in [3.05, 3.63) is 102 Å². The number of likely N-dealkylation sites (tertiary alicyclic amines) is 1. The second-order valence-corrected chi connectivity index (χ2v) is 13.0. The van der Waals surface area contributed by atoms with E-state index in [-0.39, 0.29) is 38.2 Å². The minimum Gasteiger partial charge on any atom is -0.508 e. The molecule has 2 heterocycles. The number of aliphatic carboxylic acids is 1. The number of carboxylic acid groups (broad SMARTS) is 1. The largest absolute Gasteiger partial charge is 0.508 e. The predicted molar refractivity (Wildman–Crippen MR) is 169 cm³/mol. The van der Waals surface area contributed by atoms with Gasteiger partial charge in [-0.25, -0.2) is 4.90 Å². The second-order valence-electron chi connectivity index (χ2n) is 13.0. The molecule has 4 aliphatic rings. The van der Waals surface area contributed by atoms with Gasteiger partial charge >= 0.3 is 5.97 Å². The first kappa shape index (κ1) is 30.4. The number of nitrogens with zero attached hydrogens (tertiary/aromatic N) is 2. The highest BCUT2D eigenvalue weighted by molar-refractivity contribution is 6.24. The molecule has 2 saturated heterocycles. The number of anilines is 1. The maximum absolute atomic E-state index is 14.5. The number of ether oxygens (including phenoxy) is 1. The lowest BCUT2D eigenvalue weighted by molar-refractivity contribution is -0.142. The Kier molecular flexibility index (Phi) is 7.45. The molecule has 3 aromatic rings. The van der Waals surface area contributed by atoms with Crippen LogP contribution in [0.5, 0.6) is 11.5 Å². The minimum absolute atomic E-state index is 0.112. The molecule has 0 spiro atoms. The number of allylic oxidation sites excluding steroid dienone is 2. The molecule has 7 rings (SSSR count). The van der Waals surface area contributed by atoms with Gasteiger partial charge in [0.15, 0.2) is 0 Å². The second kappa shape index (κ2) is 11.5. The number of imide groups is 2. The summed E-state index contributed by atoms with van der Waals surface area (Å²) >= 11 is 0. The molecule has 47 heavy (non-hydrogen) atoms. The van der Waals surface area contributed by atoms with Crippen molar-refractivity contribution in [3.63, 3.8) is 0 Å². The van der Waals surface area contributed by atoms with Crippen molar-refractivity contribution in [2.24, 2.45) is 29.1 Å². The number of amides is 4. The lowest BCUT2D eigenvalue weighted by Gasteiger charge is -2.49. The molecule has 0 radical (unpaired) electrons. The molecule has 10 nitrogen and oxygen atoms in total. The van der Waals surface area contributed by atoms with Crippen LogP contribution >= 0.6 is 0 Å². The number of benzene rings is 3. The van der Waals surface area contributed by atoms with Gasteiger partial charge in [-0.3, -0.25) is 28.9 Å². The number of para-hydroxylation sites is 1. The normalized spacial score (nSPS) is 28.1. The molecule has 6 unspecified atom stereocenters. The fourth-order valence-electron chi connectivity index (χ4n) is 8.27. The summed E-state index contributed by atoms with van der Waals surface area (Å²) in [5, 5.41) is 20.8. The minimum atomic E-state index is -1.30. The average molecular weight is 635 g/mol. The van der Waals surface area contributed by atoms with Crippen LogP contribution < -0.4 is 9.64 Å². The van der Waals surface area contributed by atoms with Gasteiger partial charge in [0.2, 0.25) is 23.6 Å². The summed E-state index contributed by atoms with van der Waals surface area (Å²) in [5.74, 6) is -6.13. The maximum atomic E-state index is 14.5. The van der Waals surface area contributed by atoms with Crippen LogP contribution in [0.4, 0.5) is 5.69 Å². The molecule has 6 atom stereocenters. The first-order chi connectivity index (χ1) is 22.6. The molecule has 0 aromatic heterocycles. The van der Waals surface area contributed by atoms with Crippen LogP contribution in [0.15, 0.2) is 90.5 Å². The first-order valence-corrected chi connectivity index (χ1v) is 15.8. The van der Waals surface area contributed by atoms with E-state index >= 15 is 0 Å². The third-order valence-corrected chi connectivity index (χ3v) is 10.5. The Hall–Kier alpha value is -5.25. The van der Waals surface area contributed by atoms with Gasteiger partial charge in [-0.2, -0.15) is 0 Å². The third kappa shape index (κ3) is 4.81. The highest BCUT2D eigenvalue weighted by atomic mass is 16.5. The number of hydrogen-bond donors (Lipinski definition) is 2. The van der Waals surface area contributed by atoms with Crippen molar-refractivity contribution in [1.29, 1.82) is 0 Å². The number of carboxylic acids is 1. The van der Waals surface area contributed by atoms with Crippen molar-refractivity contribution < 1.29 is 38.9 Å². The van der Waals surface area contributed by atoms with Crippen molar-refractivity contribution in [2.75, 3.05) is 11.4 Å². The SMILES string of the molecule is CC12C(=O)N(c3ccccc3)C(=O)C1CC1C(=CCC3C(=O)N(CCC(=O)O)C(=O)C31)C2c1ccc(OCc2ccccc2)cc1O. The molecule has 2 N–H and O–H groups in total. The van der Waals surface area contributed by atoms with E-state index in [9.17, 15) is 34.2 Å². The van der Waals surface area contributed by atoms with E-state index in [1.807, 2.05) is 36.4 Å². The zero-order chi connectivity index (χ0) is 33.0. The lowest BCUT2D eigenvalue weighted by Crippen LogP contribution is -2.48. The average Bonchev–Trinajstić information content (AvgIpc) is 3.43. The summed E-state index contributed by atoms with van der Waals surface area (Å²) in [6.07, 6.45) is 1.92. The van der Waals surface area contributed by atoms with E-state index in [0.29, 0.717) is 17.0 Å². The molecular formula is C37H34N2O8. The Bertz CT molecular complexity index is 1820. The van der Waals surface area contributed by atoms with Crippen molar-refractivity contribution >= 4 is 35.3 Å². The van der Waals surface area contributed by atoms with Crippen LogP contribution in [0.1, 0.15) is 43.2 Å². The number of carbonyl (C=O) groups excluding carboxylic acids is 4. The lowest BCUT2D eigenvalue weighted by atomic mass is 9.51. The van der Waals surface area contributed by atoms with Gasteiger partial charge in [0.1, 0.15) is 18.1 Å². The van der Waals surface area contributed by atoms with Crippen molar-refractivity contribution in [1.82, 2.24) is 4.90 Å². The van der Waals surface area contributed by atoms with Crippen LogP contribution in [0, 0.1) is 29.1 Å². The molecule has 3 aromatic carbocycles. The number of phenolic OH excluding ortho intramolecular Hbond substituents is 1. The highest BCUT2D eigenvalue weighted by Crippen LogP contribution is 2.64. The predicted octanol–water partition coefficient (Wildman–Crippen LogP) is 4.68. The zero-order valence-corrected chi connectivity index (χ0v) is 25.7. The van der Waals surface area contributed by atoms with Crippen LogP contribution in [-0.2, 0) is 30.6 Å². The van der Waals surface area contributed by atoms with Gasteiger partial charge in [-0.1, -0.05) is 66.2 Å². The van der Waals surface area contributed by atoms with Crippen molar-refractivity contribution in [3.8, 4) is 11.5 Å². The number of fused-ring (bicyclic) bond motifs is 4. The molecule has 10 heteroatoms. The molecule has 240 valence electrons. The van der Waals surface area contributed by atoms with E-state index in [2.05, 4.69) is 0 Å². The summed E-state index contributed by atoms with van der Waals surface area (Å²) in [7, 11) is 0. The molecule has 0 bridgehead atoms. The monoisotopic (exact) mass is 634 g/mol. The van der Waals surface area contributed by atoms with Crippen LogP contribution in [0.3, 0.4) is 0 Å². The van der Waals surface area contributed by atoms with Crippen LogP contribution in [0.25, 0.3) is 0 Å². The van der Waals surface area contributed by atoms with Crippen LogP contribution in [-0.4, -0.2) is 51.3 Å². The van der Waals surface area contributed by atoms with Gasteiger partial charge < -0.3 is 14.9 Å². The Morgan fingerprint density at radius 3 is 2.30 bits per heavy atom. The number of phenols is 1. The van der Waals surface area contributed by atoms with E-state index in [0.717, 1.165) is 16.0 Å². The highest BCUT2D eigenvalue weighted by Gasteiger charge is 2.67. The Balaban J connectivity index is 1.30. The first-order valence-electron chi connectivity index (χ1n) is 15.8. The molecule has 1 saturated carbocycles. The molecule has 2 aliphatic carbocycles. The fraction of sp³-hybridized carbons (Fsp3) is 0.324. The van der Waals surface area contributed by atoms with E-state index in [1.54, 1.807) is 49.4 Å². The smallest absolute Gasteiger partial charge is 0.305 e. The summed E-state index contributed by atoms with van der Waals surface area (Å²) in [4.78, 5) is 69.5. The van der Waals surface area contributed by atoms with E-state index in [4.69, 9.17) is 4.74 Å².